The van der Waals surface area contributed by atoms with Gasteiger partial charge in [0, 0.05) is 24.1 Å². The Morgan fingerprint density at radius 2 is 1.62 bits per heavy atom. The molecule has 8 heteroatoms. The molecule has 1 atom stereocenters. The number of non-ortho nitro benzene ring substituents is 2. The molecule has 1 spiro atoms. The van der Waals surface area contributed by atoms with E-state index in [1.54, 1.807) is 4.90 Å². The Morgan fingerprint density at radius 3 is 2.21 bits per heavy atom. The maximum Gasteiger partial charge on any atom is 0.277 e. The number of hydrogen-bond acceptors (Lipinski definition) is 5. The van der Waals surface area contributed by atoms with Gasteiger partial charge in [-0.25, -0.2) is 0 Å². The third-order valence-corrected chi connectivity index (χ3v) is 6.32. The highest BCUT2D eigenvalue weighted by Crippen LogP contribution is 2.49. The van der Waals surface area contributed by atoms with Crippen molar-refractivity contribution >= 4 is 17.3 Å². The number of nitro benzene ring substituents is 2. The Hall–Kier alpha value is -3.29. The van der Waals surface area contributed by atoms with Gasteiger partial charge in [-0.1, -0.05) is 37.1 Å². The largest absolute Gasteiger partial charge is 0.331 e. The van der Waals surface area contributed by atoms with E-state index in [1.807, 2.05) is 25.1 Å². The number of amides is 1. The first kappa shape index (κ1) is 19.0. The highest BCUT2D eigenvalue weighted by atomic mass is 16.6. The SMILES string of the molecule is C[C@@H]1c2ccccc2C2(CCCC2)CN1C(=O)c1cc([N+](=O)[O-])cc([N+](=O)[O-])c1. The molecular weight excluding hydrogens is 374 g/mol. The fraction of sp³-hybridized carbons (Fsp3) is 0.381. The molecule has 1 aliphatic heterocycles. The maximum atomic E-state index is 13.4. The normalized spacial score (nSPS) is 19.8. The quantitative estimate of drug-likeness (QED) is 0.560. The molecule has 0 unspecified atom stereocenters. The van der Waals surface area contributed by atoms with Crippen LogP contribution in [0.3, 0.4) is 0 Å². The van der Waals surface area contributed by atoms with Crippen molar-refractivity contribution in [2.24, 2.45) is 0 Å². The van der Waals surface area contributed by atoms with Gasteiger partial charge in [-0.15, -0.1) is 0 Å². The van der Waals surface area contributed by atoms with Gasteiger partial charge < -0.3 is 4.90 Å². The van der Waals surface area contributed by atoms with Crippen LogP contribution in [0.5, 0.6) is 0 Å². The summed E-state index contributed by atoms with van der Waals surface area (Å²) in [7, 11) is 0. The van der Waals surface area contributed by atoms with Crippen LogP contribution in [0.25, 0.3) is 0 Å². The van der Waals surface area contributed by atoms with Gasteiger partial charge in [-0.2, -0.15) is 0 Å². The second kappa shape index (κ2) is 6.95. The standard InChI is InChI=1S/C21H21N3O5/c1-14-18-6-2-3-7-19(18)21(8-4-5-9-21)13-22(14)20(25)15-10-16(23(26)27)12-17(11-15)24(28)29/h2-3,6-7,10-12,14H,4-5,8-9,13H2,1H3/t14-/m1/s1. The number of fused-ring (bicyclic) bond motifs is 2. The van der Waals surface area contributed by atoms with Gasteiger partial charge >= 0.3 is 0 Å². The minimum atomic E-state index is -0.711. The second-order valence-electron chi connectivity index (χ2n) is 7.94. The molecule has 2 aromatic carbocycles. The summed E-state index contributed by atoms with van der Waals surface area (Å²) in [6.07, 6.45) is 4.14. The Kier molecular flexibility index (Phi) is 4.56. The Balaban J connectivity index is 1.78. The first-order chi connectivity index (χ1) is 13.8. The summed E-state index contributed by atoms with van der Waals surface area (Å²) < 4.78 is 0. The van der Waals surface area contributed by atoms with Crippen LogP contribution in [-0.2, 0) is 5.41 Å². The smallest absolute Gasteiger partial charge is 0.277 e. The third-order valence-electron chi connectivity index (χ3n) is 6.32. The van der Waals surface area contributed by atoms with Gasteiger partial charge in [-0.3, -0.25) is 25.0 Å². The van der Waals surface area contributed by atoms with Crippen molar-refractivity contribution in [3.63, 3.8) is 0 Å². The monoisotopic (exact) mass is 395 g/mol. The van der Waals surface area contributed by atoms with Crippen LogP contribution in [0.2, 0.25) is 0 Å². The van der Waals surface area contributed by atoms with Crippen LogP contribution in [0.15, 0.2) is 42.5 Å². The van der Waals surface area contributed by atoms with Gasteiger partial charge in [0.2, 0.25) is 0 Å². The van der Waals surface area contributed by atoms with E-state index in [-0.39, 0.29) is 17.0 Å². The average Bonchev–Trinajstić information content (AvgIpc) is 3.19. The topological polar surface area (TPSA) is 107 Å². The molecule has 1 amide bonds. The van der Waals surface area contributed by atoms with Crippen molar-refractivity contribution in [1.82, 2.24) is 4.90 Å². The van der Waals surface area contributed by atoms with Gasteiger partial charge in [-0.05, 0) is 30.9 Å². The number of hydrogen-bond donors (Lipinski definition) is 0. The first-order valence-electron chi connectivity index (χ1n) is 9.67. The van der Waals surface area contributed by atoms with Crippen molar-refractivity contribution in [2.75, 3.05) is 6.54 Å². The molecule has 2 aliphatic rings. The van der Waals surface area contributed by atoms with Crippen LogP contribution in [-0.4, -0.2) is 27.2 Å². The number of carbonyl (C=O) groups is 1. The summed E-state index contributed by atoms with van der Waals surface area (Å²) in [5, 5.41) is 22.4. The predicted octanol–water partition coefficient (Wildman–Crippen LogP) is 4.53. The summed E-state index contributed by atoms with van der Waals surface area (Å²) >= 11 is 0. The predicted molar refractivity (Wildman–Crippen MR) is 106 cm³/mol. The zero-order valence-electron chi connectivity index (χ0n) is 16.0. The lowest BCUT2D eigenvalue weighted by Gasteiger charge is -2.46. The minimum Gasteiger partial charge on any atom is -0.331 e. The van der Waals surface area contributed by atoms with Crippen LogP contribution >= 0.6 is 0 Å². The summed E-state index contributed by atoms with van der Waals surface area (Å²) in [5.74, 6) is -0.412. The molecule has 0 aromatic heterocycles. The van der Waals surface area contributed by atoms with Crippen molar-refractivity contribution in [2.45, 2.75) is 44.1 Å². The number of benzene rings is 2. The molecule has 1 aliphatic carbocycles. The number of nitrogens with zero attached hydrogens (tertiary/aromatic N) is 3. The molecule has 29 heavy (non-hydrogen) atoms. The molecular formula is C21H21N3O5. The number of rotatable bonds is 3. The average molecular weight is 395 g/mol. The van der Waals surface area contributed by atoms with E-state index in [9.17, 15) is 25.0 Å². The van der Waals surface area contributed by atoms with E-state index in [0.29, 0.717) is 6.54 Å². The maximum absolute atomic E-state index is 13.4. The second-order valence-corrected chi connectivity index (χ2v) is 7.94. The molecule has 1 heterocycles. The highest BCUT2D eigenvalue weighted by molar-refractivity contribution is 5.96. The van der Waals surface area contributed by atoms with Gasteiger partial charge in [0.25, 0.3) is 17.3 Å². The Labute approximate surface area is 167 Å². The van der Waals surface area contributed by atoms with Gasteiger partial charge in [0.1, 0.15) is 0 Å². The Bertz CT molecular complexity index is 981. The van der Waals surface area contributed by atoms with E-state index >= 15 is 0 Å². The molecule has 0 radical (unpaired) electrons. The molecule has 1 saturated carbocycles. The van der Waals surface area contributed by atoms with Gasteiger partial charge in [0.05, 0.1) is 27.5 Å². The summed E-state index contributed by atoms with van der Waals surface area (Å²) in [4.78, 5) is 36.1. The lowest BCUT2D eigenvalue weighted by molar-refractivity contribution is -0.394. The van der Waals surface area contributed by atoms with Crippen molar-refractivity contribution in [3.8, 4) is 0 Å². The lowest BCUT2D eigenvalue weighted by atomic mass is 9.72. The fourth-order valence-electron chi connectivity index (χ4n) is 4.88. The summed E-state index contributed by atoms with van der Waals surface area (Å²) in [5.41, 5.74) is 1.30. The van der Waals surface area contributed by atoms with Crippen molar-refractivity contribution < 1.29 is 14.6 Å². The molecule has 0 bridgehead atoms. The molecule has 8 nitrogen and oxygen atoms in total. The minimum absolute atomic E-state index is 0.0229. The number of nitro groups is 2. The first-order valence-corrected chi connectivity index (χ1v) is 9.67. The zero-order valence-corrected chi connectivity index (χ0v) is 16.0. The van der Waals surface area contributed by atoms with Gasteiger partial charge in [0.15, 0.2) is 0 Å². The van der Waals surface area contributed by atoms with E-state index in [4.69, 9.17) is 0 Å². The Morgan fingerprint density at radius 1 is 1.03 bits per heavy atom. The van der Waals surface area contributed by atoms with Crippen LogP contribution in [0.1, 0.15) is 60.1 Å². The van der Waals surface area contributed by atoms with Crippen LogP contribution < -0.4 is 0 Å². The van der Waals surface area contributed by atoms with E-state index in [0.717, 1.165) is 49.4 Å². The molecule has 4 rings (SSSR count). The van der Waals surface area contributed by atoms with Crippen molar-refractivity contribution in [3.05, 3.63) is 79.4 Å². The molecule has 2 aromatic rings. The third kappa shape index (κ3) is 3.14. The summed E-state index contributed by atoms with van der Waals surface area (Å²) in [6.45, 7) is 2.45. The van der Waals surface area contributed by atoms with Crippen LogP contribution in [0, 0.1) is 20.2 Å². The summed E-state index contributed by atoms with van der Waals surface area (Å²) in [6, 6.07) is 11.0. The lowest BCUT2D eigenvalue weighted by Crippen LogP contribution is -2.48. The van der Waals surface area contributed by atoms with E-state index < -0.39 is 27.1 Å². The molecule has 0 N–H and O–H groups in total. The molecule has 0 saturated heterocycles. The highest BCUT2D eigenvalue weighted by Gasteiger charge is 2.45. The van der Waals surface area contributed by atoms with Crippen LogP contribution in [0.4, 0.5) is 11.4 Å². The zero-order chi connectivity index (χ0) is 20.8. The van der Waals surface area contributed by atoms with E-state index in [2.05, 4.69) is 6.07 Å². The molecule has 1 fully saturated rings. The number of carbonyl (C=O) groups excluding carboxylic acids is 1. The van der Waals surface area contributed by atoms with Crippen molar-refractivity contribution in [1.29, 1.82) is 0 Å². The molecule has 150 valence electrons. The fourth-order valence-corrected chi connectivity index (χ4v) is 4.88. The van der Waals surface area contributed by atoms with E-state index in [1.165, 1.54) is 5.56 Å².